The summed E-state index contributed by atoms with van der Waals surface area (Å²) in [5, 5.41) is 48.1. The molecule has 0 aliphatic heterocycles. The quantitative estimate of drug-likeness (QED) is 0.255. The number of hydrogen-bond donors (Lipinski definition) is 6. The number of phenols is 1. The number of benzene rings is 1. The van der Waals surface area contributed by atoms with Crippen LogP contribution in [0, 0.1) is 11.8 Å². The van der Waals surface area contributed by atoms with E-state index < -0.39 is 81.7 Å². The number of nitrogens with two attached hydrogens (primary N) is 1. The molecule has 13 nitrogen and oxygen atoms in total. The van der Waals surface area contributed by atoms with Crippen LogP contribution in [0.5, 0.6) is 5.75 Å². The van der Waals surface area contributed by atoms with Crippen LogP contribution >= 0.6 is 0 Å². The number of aromatic nitrogens is 1. The number of phenolic OH excluding ortho intramolecular Hbond substituents is 1. The predicted molar refractivity (Wildman–Crippen MR) is 147 cm³/mol. The normalized spacial score (nSPS) is 25.2. The molecule has 16 heteroatoms. The Kier molecular flexibility index (Phi) is 7.20. The van der Waals surface area contributed by atoms with Gasteiger partial charge in [0, 0.05) is 43.4 Å². The van der Waals surface area contributed by atoms with Gasteiger partial charge in [0.25, 0.3) is 11.9 Å². The Morgan fingerprint density at radius 1 is 1.20 bits per heavy atom. The number of likely N-dealkylation sites (N-methyl/N-ethyl adjacent to an activating group) is 1. The minimum atomic E-state index is -4.74. The van der Waals surface area contributed by atoms with Gasteiger partial charge in [0.05, 0.1) is 11.6 Å². The fourth-order valence-corrected chi connectivity index (χ4v) is 6.54. The Morgan fingerprint density at radius 3 is 2.41 bits per heavy atom. The Hall–Kier alpha value is -4.57. The molecule has 1 fully saturated rings. The van der Waals surface area contributed by atoms with Gasteiger partial charge >= 0.3 is 6.18 Å². The highest BCUT2D eigenvalue weighted by Gasteiger charge is 2.64. The summed E-state index contributed by atoms with van der Waals surface area (Å²) < 4.78 is 43.6. The molecule has 0 bridgehead atoms. The number of alkyl halides is 3. The number of fused-ring (bicyclic) bond motifs is 3. The summed E-state index contributed by atoms with van der Waals surface area (Å²) in [7, 11) is 6.39. The van der Waals surface area contributed by atoms with Gasteiger partial charge in [-0.3, -0.25) is 19.3 Å². The Bertz CT molecular complexity index is 1660. The van der Waals surface area contributed by atoms with Crippen molar-refractivity contribution >= 4 is 34.9 Å². The predicted octanol–water partition coefficient (Wildman–Crippen LogP) is 1.65. The number of halogens is 3. The first-order valence-electron chi connectivity index (χ1n) is 13.4. The number of ketones is 2. The fourth-order valence-electron chi connectivity index (χ4n) is 6.54. The van der Waals surface area contributed by atoms with Crippen LogP contribution in [-0.4, -0.2) is 87.6 Å². The number of primary amides is 1. The Morgan fingerprint density at radius 2 is 1.86 bits per heavy atom. The van der Waals surface area contributed by atoms with Crippen molar-refractivity contribution in [2.45, 2.75) is 37.2 Å². The fraction of sp³-hybridized carbons (Fsp3) is 0.429. The van der Waals surface area contributed by atoms with Crippen molar-refractivity contribution in [3.05, 3.63) is 51.6 Å². The number of aliphatic hydroxyl groups is 3. The van der Waals surface area contributed by atoms with E-state index in [0.29, 0.717) is 17.5 Å². The van der Waals surface area contributed by atoms with E-state index in [4.69, 9.17) is 10.2 Å². The van der Waals surface area contributed by atoms with Gasteiger partial charge in [0.15, 0.2) is 17.1 Å². The summed E-state index contributed by atoms with van der Waals surface area (Å²) in [5.41, 5.74) is 0.911. The van der Waals surface area contributed by atoms with Crippen molar-refractivity contribution in [3.8, 4) is 5.75 Å². The summed E-state index contributed by atoms with van der Waals surface area (Å²) in [5.74, 6) is -7.75. The summed E-state index contributed by atoms with van der Waals surface area (Å²) in [6.45, 7) is -0.304. The first-order chi connectivity index (χ1) is 20.4. The molecule has 7 N–H and O–H groups in total. The second-order valence-electron chi connectivity index (χ2n) is 11.5. The zero-order valence-corrected chi connectivity index (χ0v) is 24.0. The second-order valence-corrected chi connectivity index (χ2v) is 11.5. The number of nitrogens with zero attached hydrogens (tertiary/aromatic N) is 3. The van der Waals surface area contributed by atoms with Gasteiger partial charge in [0.1, 0.15) is 29.1 Å². The van der Waals surface area contributed by atoms with Gasteiger partial charge in [-0.15, -0.1) is 0 Å². The third-order valence-electron chi connectivity index (χ3n) is 8.48. The standard InChI is InChI=1S/C28H30F3N5O8/c1-35(2)14-7-11(8-33-26-34-15(9-44-26)28(29,30)31)20(37)17-12(14)5-10-6-13-19(36(3)4)22(39)18(25(32)42)24(41)27(13,43)23(40)16(10)21(17)38/h7,9-10,13,19,37-38,41,43H,5-6,8H2,1-4H3,(H2,32,42)(H,33,34). The van der Waals surface area contributed by atoms with Crippen molar-refractivity contribution in [3.63, 3.8) is 0 Å². The van der Waals surface area contributed by atoms with Crippen molar-refractivity contribution in [1.29, 1.82) is 0 Å². The first-order valence-corrected chi connectivity index (χ1v) is 13.4. The number of amides is 1. The number of oxazole rings is 1. The highest BCUT2D eigenvalue weighted by Crippen LogP contribution is 2.54. The maximum atomic E-state index is 14.0. The van der Waals surface area contributed by atoms with E-state index in [0.717, 1.165) is 0 Å². The molecule has 3 aliphatic carbocycles. The third-order valence-corrected chi connectivity index (χ3v) is 8.48. The van der Waals surface area contributed by atoms with E-state index in [1.807, 2.05) is 0 Å². The number of carbonyl (C=O) groups is 3. The molecule has 0 radical (unpaired) electrons. The third kappa shape index (κ3) is 4.47. The lowest BCUT2D eigenvalue weighted by atomic mass is 9.57. The minimum Gasteiger partial charge on any atom is -0.508 e. The first kappa shape index (κ1) is 30.9. The maximum Gasteiger partial charge on any atom is 0.436 e. The zero-order valence-electron chi connectivity index (χ0n) is 24.0. The number of nitrogens with one attached hydrogen (secondary N) is 1. The van der Waals surface area contributed by atoms with Crippen LogP contribution in [0.2, 0.25) is 0 Å². The number of aliphatic hydroxyl groups excluding tert-OH is 2. The zero-order chi connectivity index (χ0) is 32.6. The summed E-state index contributed by atoms with van der Waals surface area (Å²) in [4.78, 5) is 45.8. The summed E-state index contributed by atoms with van der Waals surface area (Å²) >= 11 is 0. The van der Waals surface area contributed by atoms with Crippen LogP contribution < -0.4 is 16.0 Å². The molecule has 1 aromatic carbocycles. The number of hydrogen-bond acceptors (Lipinski definition) is 12. The van der Waals surface area contributed by atoms with Crippen molar-refractivity contribution in [2.24, 2.45) is 17.6 Å². The van der Waals surface area contributed by atoms with Gasteiger partial charge in [-0.05, 0) is 44.5 Å². The molecule has 0 spiro atoms. The number of Topliss-reactive ketones (excluding diaryl/α,β-unsaturated/α-hetero) is 2. The van der Waals surface area contributed by atoms with E-state index in [1.54, 1.807) is 25.1 Å². The number of rotatable bonds is 6. The van der Waals surface area contributed by atoms with E-state index >= 15 is 0 Å². The van der Waals surface area contributed by atoms with Gasteiger partial charge in [-0.1, -0.05) is 0 Å². The second kappa shape index (κ2) is 10.3. The van der Waals surface area contributed by atoms with E-state index in [9.17, 15) is 48.0 Å². The molecule has 236 valence electrons. The van der Waals surface area contributed by atoms with Crippen LogP contribution in [-0.2, 0) is 33.5 Å². The SMILES string of the molecule is CN(C)c1cc(CNc2nc(C(F)(F)F)co2)c(O)c2c1CC1CC3C(N(C)C)C(=O)C(C(N)=O)=C(O)C3(O)C(=O)C1=C2O. The molecule has 1 saturated carbocycles. The lowest BCUT2D eigenvalue weighted by molar-refractivity contribution is -0.153. The van der Waals surface area contributed by atoms with Crippen LogP contribution in [0.1, 0.15) is 28.8 Å². The summed E-state index contributed by atoms with van der Waals surface area (Å²) in [6.07, 6.45) is -4.32. The lowest BCUT2D eigenvalue weighted by Gasteiger charge is -2.50. The lowest BCUT2D eigenvalue weighted by Crippen LogP contribution is -2.65. The number of carbonyl (C=O) groups excluding carboxylic acids is 3. The molecule has 1 heterocycles. The molecule has 4 unspecified atom stereocenters. The molecule has 3 aliphatic rings. The highest BCUT2D eigenvalue weighted by atomic mass is 19.4. The van der Waals surface area contributed by atoms with E-state index in [2.05, 4.69) is 10.3 Å². The molecule has 2 aromatic rings. The van der Waals surface area contributed by atoms with E-state index in [1.165, 1.54) is 19.0 Å². The van der Waals surface area contributed by atoms with Crippen molar-refractivity contribution in [1.82, 2.24) is 9.88 Å². The largest absolute Gasteiger partial charge is 0.508 e. The van der Waals surface area contributed by atoms with Crippen LogP contribution in [0.25, 0.3) is 5.76 Å². The average Bonchev–Trinajstić information content (AvgIpc) is 3.39. The molecule has 1 amide bonds. The molecular formula is C28H30F3N5O8. The van der Waals surface area contributed by atoms with E-state index in [-0.39, 0.29) is 36.1 Å². The van der Waals surface area contributed by atoms with Crippen LogP contribution in [0.3, 0.4) is 0 Å². The minimum absolute atomic E-state index is 0.0675. The van der Waals surface area contributed by atoms with Gasteiger partial charge in [-0.25, -0.2) is 0 Å². The van der Waals surface area contributed by atoms with Crippen LogP contribution in [0.15, 0.2) is 33.7 Å². The van der Waals surface area contributed by atoms with Crippen molar-refractivity contribution < 1.29 is 52.4 Å². The molecule has 4 atom stereocenters. The summed E-state index contributed by atoms with van der Waals surface area (Å²) in [6, 6.07) is -0.140. The molecule has 0 saturated heterocycles. The molecule has 1 aromatic heterocycles. The topological polar surface area (TPSA) is 203 Å². The molecule has 44 heavy (non-hydrogen) atoms. The molecular weight excluding hydrogens is 591 g/mol. The van der Waals surface area contributed by atoms with Crippen molar-refractivity contribution in [2.75, 3.05) is 38.4 Å². The van der Waals surface area contributed by atoms with Crippen LogP contribution in [0.4, 0.5) is 24.9 Å². The molecule has 5 rings (SSSR count). The highest BCUT2D eigenvalue weighted by molar-refractivity contribution is 6.24. The van der Waals surface area contributed by atoms with Gasteiger partial charge < -0.3 is 40.8 Å². The average molecular weight is 622 g/mol. The van der Waals surface area contributed by atoms with Gasteiger partial charge in [0.2, 0.25) is 5.78 Å². The van der Waals surface area contributed by atoms with Gasteiger partial charge in [-0.2, -0.15) is 18.2 Å². The smallest absolute Gasteiger partial charge is 0.436 e. The number of anilines is 2. The maximum absolute atomic E-state index is 14.0. The monoisotopic (exact) mass is 621 g/mol. The number of aromatic hydroxyl groups is 1. The Labute approximate surface area is 248 Å². The Balaban J connectivity index is 1.63.